The van der Waals surface area contributed by atoms with Gasteiger partial charge in [-0.1, -0.05) is 24.3 Å². The number of benzene rings is 2. The topological polar surface area (TPSA) is 79.9 Å². The van der Waals surface area contributed by atoms with E-state index in [-0.39, 0.29) is 5.91 Å². The van der Waals surface area contributed by atoms with E-state index in [9.17, 15) is 4.79 Å². The summed E-state index contributed by atoms with van der Waals surface area (Å²) in [5, 5.41) is 16.1. The van der Waals surface area contributed by atoms with Gasteiger partial charge in [-0.3, -0.25) is 4.79 Å². The minimum absolute atomic E-state index is 0.212. The van der Waals surface area contributed by atoms with Crippen LogP contribution in [0.2, 0.25) is 0 Å². The highest BCUT2D eigenvalue weighted by atomic mass is 16.5. The van der Waals surface area contributed by atoms with Gasteiger partial charge in [0.15, 0.2) is 6.10 Å². The second-order valence-electron chi connectivity index (χ2n) is 6.03. The quantitative estimate of drug-likeness (QED) is 0.703. The molecule has 27 heavy (non-hydrogen) atoms. The maximum Gasteiger partial charge on any atom is 0.260 e. The van der Waals surface area contributed by atoms with Crippen molar-refractivity contribution in [3.8, 4) is 17.5 Å². The molecular weight excluding hydrogens is 340 g/mol. The van der Waals surface area contributed by atoms with E-state index < -0.39 is 6.10 Å². The van der Waals surface area contributed by atoms with Crippen molar-refractivity contribution in [3.63, 3.8) is 0 Å². The Bertz CT molecular complexity index is 928. The lowest BCUT2D eigenvalue weighted by Gasteiger charge is -2.15. The summed E-state index contributed by atoms with van der Waals surface area (Å²) in [5.41, 5.74) is 2.52. The normalized spacial score (nSPS) is 11.4. The molecule has 1 unspecified atom stereocenters. The molecule has 1 N–H and O–H groups in total. The molecule has 6 heteroatoms. The third-order valence-electron chi connectivity index (χ3n) is 4.10. The van der Waals surface area contributed by atoms with Crippen LogP contribution in [0.4, 0.5) is 0 Å². The van der Waals surface area contributed by atoms with Gasteiger partial charge < -0.3 is 10.1 Å². The van der Waals surface area contributed by atoms with Gasteiger partial charge in [0.2, 0.25) is 0 Å². The third kappa shape index (κ3) is 4.73. The molecule has 1 heterocycles. The fraction of sp³-hybridized carbons (Fsp3) is 0.190. The minimum atomic E-state index is -0.679. The van der Waals surface area contributed by atoms with Gasteiger partial charge in [0.25, 0.3) is 5.91 Å². The molecule has 1 amide bonds. The summed E-state index contributed by atoms with van der Waals surface area (Å²) in [6, 6.07) is 18.8. The monoisotopic (exact) mass is 360 g/mol. The Balaban J connectivity index is 1.48. The molecule has 1 atom stereocenters. The van der Waals surface area contributed by atoms with Crippen LogP contribution < -0.4 is 10.1 Å². The summed E-state index contributed by atoms with van der Waals surface area (Å²) in [7, 11) is 0. The van der Waals surface area contributed by atoms with Crippen molar-refractivity contribution >= 4 is 5.91 Å². The molecule has 2 aromatic carbocycles. The van der Waals surface area contributed by atoms with Gasteiger partial charge in [-0.25, -0.2) is 4.68 Å². The van der Waals surface area contributed by atoms with Crippen LogP contribution in [-0.2, 0) is 11.2 Å². The van der Waals surface area contributed by atoms with Crippen LogP contribution in [0.25, 0.3) is 5.69 Å². The van der Waals surface area contributed by atoms with Crippen LogP contribution in [-0.4, -0.2) is 28.3 Å². The first kappa shape index (κ1) is 18.2. The third-order valence-corrected chi connectivity index (χ3v) is 4.10. The highest BCUT2D eigenvalue weighted by Gasteiger charge is 2.15. The Labute approximate surface area is 158 Å². The predicted molar refractivity (Wildman–Crippen MR) is 102 cm³/mol. The number of carbonyl (C=O) groups is 1. The molecule has 3 aromatic rings. The zero-order valence-corrected chi connectivity index (χ0v) is 15.0. The number of para-hydroxylation sites is 1. The van der Waals surface area contributed by atoms with Crippen molar-refractivity contribution < 1.29 is 9.53 Å². The van der Waals surface area contributed by atoms with Gasteiger partial charge in [-0.15, -0.1) is 0 Å². The molecule has 0 spiro atoms. The lowest BCUT2D eigenvalue weighted by Crippen LogP contribution is -2.37. The Morgan fingerprint density at radius 2 is 2.00 bits per heavy atom. The van der Waals surface area contributed by atoms with Gasteiger partial charge in [0.05, 0.1) is 11.3 Å². The lowest BCUT2D eigenvalue weighted by molar-refractivity contribution is -0.127. The minimum Gasteiger partial charge on any atom is -0.480 e. The highest BCUT2D eigenvalue weighted by molar-refractivity contribution is 5.80. The first-order chi connectivity index (χ1) is 13.2. The van der Waals surface area contributed by atoms with Crippen LogP contribution in [0.1, 0.15) is 18.1 Å². The molecule has 136 valence electrons. The summed E-state index contributed by atoms with van der Waals surface area (Å²) in [5.74, 6) is 0.202. The molecule has 0 aliphatic rings. The average Bonchev–Trinajstić information content (AvgIpc) is 3.23. The molecular formula is C21H20N4O2. The van der Waals surface area contributed by atoms with E-state index in [2.05, 4.69) is 16.5 Å². The van der Waals surface area contributed by atoms with E-state index in [4.69, 9.17) is 10.00 Å². The van der Waals surface area contributed by atoms with E-state index in [1.807, 2.05) is 36.5 Å². The molecule has 0 bridgehead atoms. The molecule has 0 fully saturated rings. The van der Waals surface area contributed by atoms with Crippen molar-refractivity contribution in [1.29, 1.82) is 5.26 Å². The van der Waals surface area contributed by atoms with Crippen molar-refractivity contribution in [1.82, 2.24) is 15.1 Å². The first-order valence-electron chi connectivity index (χ1n) is 8.70. The maximum absolute atomic E-state index is 12.2. The summed E-state index contributed by atoms with van der Waals surface area (Å²) in [4.78, 5) is 12.2. The second-order valence-corrected chi connectivity index (χ2v) is 6.03. The molecule has 3 rings (SSSR count). The van der Waals surface area contributed by atoms with E-state index in [1.54, 1.807) is 42.1 Å². The van der Waals surface area contributed by atoms with Crippen molar-refractivity contribution in [2.24, 2.45) is 0 Å². The fourth-order valence-corrected chi connectivity index (χ4v) is 2.62. The first-order valence-corrected chi connectivity index (χ1v) is 8.70. The van der Waals surface area contributed by atoms with Crippen LogP contribution in [0, 0.1) is 11.3 Å². The number of nitrogens with zero attached hydrogens (tertiary/aromatic N) is 3. The fourth-order valence-electron chi connectivity index (χ4n) is 2.62. The summed E-state index contributed by atoms with van der Waals surface area (Å²) in [6.07, 6.45) is 3.66. The standard InChI is InChI=1S/C21H20N4O2/c1-16(27-20-6-3-2-5-18(20)15-22)21(26)23-13-11-17-7-9-19(10-8-17)25-14-4-12-24-25/h2-10,12,14,16H,11,13H2,1H3,(H,23,26). The van der Waals surface area contributed by atoms with E-state index in [1.165, 1.54) is 0 Å². The molecule has 6 nitrogen and oxygen atoms in total. The van der Waals surface area contributed by atoms with Crippen molar-refractivity contribution in [2.45, 2.75) is 19.4 Å². The smallest absolute Gasteiger partial charge is 0.260 e. The molecule has 0 radical (unpaired) electrons. The molecule has 0 aliphatic carbocycles. The van der Waals surface area contributed by atoms with Gasteiger partial charge in [-0.2, -0.15) is 10.4 Å². The lowest BCUT2D eigenvalue weighted by atomic mass is 10.1. The van der Waals surface area contributed by atoms with Crippen LogP contribution >= 0.6 is 0 Å². The van der Waals surface area contributed by atoms with Crippen molar-refractivity contribution in [3.05, 3.63) is 78.1 Å². The van der Waals surface area contributed by atoms with E-state index >= 15 is 0 Å². The Hall–Kier alpha value is -3.59. The number of nitrogens with one attached hydrogen (secondary N) is 1. The number of nitriles is 1. The van der Waals surface area contributed by atoms with Gasteiger partial charge >= 0.3 is 0 Å². The van der Waals surface area contributed by atoms with E-state index in [0.29, 0.717) is 24.3 Å². The van der Waals surface area contributed by atoms with Crippen LogP contribution in [0.3, 0.4) is 0 Å². The molecule has 0 saturated heterocycles. The summed E-state index contributed by atoms with van der Waals surface area (Å²) >= 11 is 0. The zero-order chi connectivity index (χ0) is 19.1. The zero-order valence-electron chi connectivity index (χ0n) is 15.0. The van der Waals surface area contributed by atoms with Crippen LogP contribution in [0.15, 0.2) is 67.0 Å². The van der Waals surface area contributed by atoms with E-state index in [0.717, 1.165) is 11.3 Å². The van der Waals surface area contributed by atoms with Crippen molar-refractivity contribution in [2.75, 3.05) is 6.54 Å². The number of hydrogen-bond donors (Lipinski definition) is 1. The number of amides is 1. The largest absolute Gasteiger partial charge is 0.480 e. The van der Waals surface area contributed by atoms with Gasteiger partial charge in [-0.05, 0) is 49.2 Å². The Morgan fingerprint density at radius 1 is 1.22 bits per heavy atom. The number of rotatable bonds is 7. The number of ether oxygens (including phenoxy) is 1. The highest BCUT2D eigenvalue weighted by Crippen LogP contribution is 2.18. The molecule has 0 saturated carbocycles. The Kier molecular flexibility index (Phi) is 5.85. The number of hydrogen-bond acceptors (Lipinski definition) is 4. The predicted octanol–water partition coefficient (Wildman–Crippen LogP) is 2.87. The summed E-state index contributed by atoms with van der Waals surface area (Å²) < 4.78 is 7.41. The molecule has 0 aliphatic heterocycles. The summed E-state index contributed by atoms with van der Waals surface area (Å²) in [6.45, 7) is 2.18. The van der Waals surface area contributed by atoms with Crippen LogP contribution in [0.5, 0.6) is 5.75 Å². The SMILES string of the molecule is CC(Oc1ccccc1C#N)C(=O)NCCc1ccc(-n2cccn2)cc1. The number of aromatic nitrogens is 2. The van der Waals surface area contributed by atoms with Gasteiger partial charge in [0.1, 0.15) is 11.8 Å². The second kappa shape index (κ2) is 8.68. The number of carbonyl (C=O) groups excluding carboxylic acids is 1. The Morgan fingerprint density at radius 3 is 2.70 bits per heavy atom. The maximum atomic E-state index is 12.2. The van der Waals surface area contributed by atoms with Gasteiger partial charge in [0, 0.05) is 18.9 Å². The molecule has 1 aromatic heterocycles. The average molecular weight is 360 g/mol.